The van der Waals surface area contributed by atoms with E-state index in [1.165, 1.54) is 6.08 Å². The summed E-state index contributed by atoms with van der Waals surface area (Å²) in [7, 11) is 0. The average Bonchev–Trinajstić information content (AvgIpc) is 2.83. The van der Waals surface area contributed by atoms with Gasteiger partial charge in [-0.3, -0.25) is 14.4 Å². The van der Waals surface area contributed by atoms with E-state index in [4.69, 9.17) is 11.6 Å². The first kappa shape index (κ1) is 26.6. The molecule has 0 spiro atoms. The number of benzene rings is 2. The van der Waals surface area contributed by atoms with E-state index in [0.29, 0.717) is 30.1 Å². The molecule has 0 unspecified atom stereocenters. The molecule has 6 nitrogen and oxygen atoms in total. The molecule has 0 saturated carbocycles. The predicted molar refractivity (Wildman–Crippen MR) is 137 cm³/mol. The number of halogens is 1. The summed E-state index contributed by atoms with van der Waals surface area (Å²) >= 11 is 6.02. The molecular formula is C28H33ClN2O4. The van der Waals surface area contributed by atoms with E-state index >= 15 is 0 Å². The number of nitrogens with one attached hydrogen (secondary N) is 1. The van der Waals surface area contributed by atoms with Crippen molar-refractivity contribution in [3.05, 3.63) is 82.9 Å². The molecular weight excluding hydrogens is 464 g/mol. The summed E-state index contributed by atoms with van der Waals surface area (Å²) in [6.45, 7) is 8.26. The number of nitrogens with zero attached hydrogens (tertiary/aromatic N) is 1. The second-order valence-electron chi connectivity index (χ2n) is 10.1. The Kier molecular flexibility index (Phi) is 8.18. The lowest BCUT2D eigenvalue weighted by Crippen LogP contribution is -2.60. The van der Waals surface area contributed by atoms with Gasteiger partial charge in [0.15, 0.2) is 5.78 Å². The van der Waals surface area contributed by atoms with Crippen molar-refractivity contribution >= 4 is 29.2 Å². The smallest absolute Gasteiger partial charge is 0.245 e. The van der Waals surface area contributed by atoms with Crippen LogP contribution in [0, 0.1) is 11.3 Å². The van der Waals surface area contributed by atoms with Crippen LogP contribution in [0.15, 0.2) is 66.7 Å². The molecule has 0 aliphatic carbocycles. The number of aliphatic hydroxyl groups is 1. The molecule has 2 amide bonds. The number of allylic oxidation sites excluding steroid dienone is 1. The quantitative estimate of drug-likeness (QED) is 0.440. The fraction of sp³-hybridized carbons (Fsp3) is 0.393. The van der Waals surface area contributed by atoms with Crippen LogP contribution in [0.5, 0.6) is 0 Å². The van der Waals surface area contributed by atoms with E-state index < -0.39 is 23.0 Å². The number of carbonyl (C=O) groups excluding carboxylic acids is 3. The highest BCUT2D eigenvalue weighted by molar-refractivity contribution is 6.30. The maximum atomic E-state index is 13.4. The van der Waals surface area contributed by atoms with Crippen LogP contribution in [0.3, 0.4) is 0 Å². The van der Waals surface area contributed by atoms with Gasteiger partial charge in [-0.1, -0.05) is 81.8 Å². The van der Waals surface area contributed by atoms with E-state index in [9.17, 15) is 19.5 Å². The van der Waals surface area contributed by atoms with E-state index in [1.54, 1.807) is 41.3 Å². The van der Waals surface area contributed by atoms with Crippen molar-refractivity contribution in [2.45, 2.75) is 45.8 Å². The number of likely N-dealkylation sites (tertiary alicyclic amines) is 1. The molecule has 0 radical (unpaired) electrons. The molecule has 1 heterocycles. The molecule has 1 aliphatic rings. The number of amides is 2. The minimum Gasteiger partial charge on any atom is -0.384 e. The molecule has 186 valence electrons. The monoisotopic (exact) mass is 496 g/mol. The molecule has 1 aliphatic heterocycles. The Morgan fingerprint density at radius 3 is 2.23 bits per heavy atom. The third-order valence-electron chi connectivity index (χ3n) is 6.76. The van der Waals surface area contributed by atoms with Gasteiger partial charge in [-0.25, -0.2) is 0 Å². The van der Waals surface area contributed by atoms with Crippen LogP contribution < -0.4 is 5.32 Å². The van der Waals surface area contributed by atoms with Crippen molar-refractivity contribution < 1.29 is 19.5 Å². The Bertz CT molecular complexity index is 1100. The maximum Gasteiger partial charge on any atom is 0.245 e. The van der Waals surface area contributed by atoms with Gasteiger partial charge in [0, 0.05) is 35.2 Å². The van der Waals surface area contributed by atoms with Crippen molar-refractivity contribution in [2.75, 3.05) is 13.1 Å². The number of hydrogen-bond acceptors (Lipinski definition) is 4. The lowest BCUT2D eigenvalue weighted by Gasteiger charge is -2.51. The molecule has 1 saturated heterocycles. The van der Waals surface area contributed by atoms with E-state index in [2.05, 4.69) is 5.32 Å². The number of carbonyl (C=O) groups is 3. The van der Waals surface area contributed by atoms with E-state index in [-0.39, 0.29) is 17.6 Å². The summed E-state index contributed by atoms with van der Waals surface area (Å²) in [5.41, 5.74) is -0.508. The Morgan fingerprint density at radius 1 is 1.03 bits per heavy atom. The minimum absolute atomic E-state index is 0.162. The average molecular weight is 497 g/mol. The van der Waals surface area contributed by atoms with Crippen LogP contribution in [0.4, 0.5) is 0 Å². The molecule has 2 aromatic rings. The first-order chi connectivity index (χ1) is 16.4. The van der Waals surface area contributed by atoms with Gasteiger partial charge in [0.05, 0.1) is 5.60 Å². The van der Waals surface area contributed by atoms with Crippen molar-refractivity contribution in [2.24, 2.45) is 11.3 Å². The van der Waals surface area contributed by atoms with Gasteiger partial charge in [-0.15, -0.1) is 0 Å². The Morgan fingerprint density at radius 2 is 1.66 bits per heavy atom. The van der Waals surface area contributed by atoms with E-state index in [0.717, 1.165) is 11.6 Å². The molecule has 2 atom stereocenters. The standard InChI is InChI=1S/C28H33ClN2O4/c1-19(2)25(30-24(33)15-14-23(32)20-8-6-5-7-9-20)26(34)31-17-16-28(35,27(3,4)18-31)21-10-12-22(29)13-11-21/h5-15,19,25,35H,16-18H2,1-4H3,(H,30,33)/b15-14+/t25-,28+/m1/s1. The predicted octanol–water partition coefficient (Wildman–Crippen LogP) is 4.37. The van der Waals surface area contributed by atoms with Crippen LogP contribution >= 0.6 is 11.6 Å². The van der Waals surface area contributed by atoms with Crippen molar-refractivity contribution in [1.29, 1.82) is 0 Å². The highest BCUT2D eigenvalue weighted by Gasteiger charge is 2.50. The number of rotatable bonds is 7. The molecule has 0 aromatic heterocycles. The summed E-state index contributed by atoms with van der Waals surface area (Å²) in [4.78, 5) is 39.9. The lowest BCUT2D eigenvalue weighted by molar-refractivity contribution is -0.156. The Hall–Kier alpha value is -2.96. The van der Waals surface area contributed by atoms with Crippen LogP contribution in [0.25, 0.3) is 0 Å². The highest BCUT2D eigenvalue weighted by atomic mass is 35.5. The van der Waals surface area contributed by atoms with Crippen LogP contribution in [0.2, 0.25) is 5.02 Å². The zero-order valence-corrected chi connectivity index (χ0v) is 21.4. The van der Waals surface area contributed by atoms with E-state index in [1.807, 2.05) is 45.9 Å². The summed E-state index contributed by atoms with van der Waals surface area (Å²) < 4.78 is 0. The van der Waals surface area contributed by atoms with Gasteiger partial charge < -0.3 is 15.3 Å². The molecule has 7 heteroatoms. The first-order valence-corrected chi connectivity index (χ1v) is 12.2. The van der Waals surface area contributed by atoms with Crippen LogP contribution in [0.1, 0.15) is 50.0 Å². The number of piperidine rings is 1. The molecule has 0 bridgehead atoms. The zero-order valence-electron chi connectivity index (χ0n) is 20.6. The van der Waals surface area contributed by atoms with Crippen molar-refractivity contribution in [3.63, 3.8) is 0 Å². The molecule has 2 aromatic carbocycles. The van der Waals surface area contributed by atoms with Gasteiger partial charge >= 0.3 is 0 Å². The second-order valence-corrected chi connectivity index (χ2v) is 10.5. The third-order valence-corrected chi connectivity index (χ3v) is 7.01. The normalized spacial score (nSPS) is 20.6. The van der Waals surface area contributed by atoms with Crippen molar-refractivity contribution in [1.82, 2.24) is 10.2 Å². The van der Waals surface area contributed by atoms with Gasteiger partial charge in [-0.2, -0.15) is 0 Å². The molecule has 35 heavy (non-hydrogen) atoms. The Balaban J connectivity index is 1.69. The van der Waals surface area contributed by atoms with Crippen LogP contribution in [-0.2, 0) is 15.2 Å². The fourth-order valence-electron chi connectivity index (χ4n) is 4.53. The first-order valence-electron chi connectivity index (χ1n) is 11.8. The summed E-state index contributed by atoms with van der Waals surface area (Å²) in [5, 5.41) is 14.9. The highest BCUT2D eigenvalue weighted by Crippen LogP contribution is 2.46. The number of ketones is 1. The largest absolute Gasteiger partial charge is 0.384 e. The maximum absolute atomic E-state index is 13.4. The topological polar surface area (TPSA) is 86.7 Å². The van der Waals surface area contributed by atoms with Gasteiger partial charge in [0.2, 0.25) is 11.8 Å². The second kappa shape index (κ2) is 10.8. The molecule has 3 rings (SSSR count). The molecule has 2 N–H and O–H groups in total. The van der Waals surface area contributed by atoms with Gasteiger partial charge in [0.1, 0.15) is 6.04 Å². The fourth-order valence-corrected chi connectivity index (χ4v) is 4.66. The summed E-state index contributed by atoms with van der Waals surface area (Å²) in [6.07, 6.45) is 2.73. The third kappa shape index (κ3) is 6.00. The van der Waals surface area contributed by atoms with Gasteiger partial charge in [-0.05, 0) is 36.1 Å². The van der Waals surface area contributed by atoms with Gasteiger partial charge in [0.25, 0.3) is 0 Å². The lowest BCUT2D eigenvalue weighted by atomic mass is 9.66. The van der Waals surface area contributed by atoms with Crippen molar-refractivity contribution in [3.8, 4) is 0 Å². The minimum atomic E-state index is -1.12. The summed E-state index contributed by atoms with van der Waals surface area (Å²) in [5.74, 6) is -1.16. The molecule has 1 fully saturated rings. The zero-order chi connectivity index (χ0) is 25.8. The van der Waals surface area contributed by atoms with Crippen LogP contribution in [-0.4, -0.2) is 46.7 Å². The Labute approximate surface area is 212 Å². The summed E-state index contributed by atoms with van der Waals surface area (Å²) in [6, 6.07) is 15.1. The number of hydrogen-bond donors (Lipinski definition) is 2. The SMILES string of the molecule is CC(C)[C@@H](NC(=O)/C=C/C(=O)c1ccccc1)C(=O)N1CC[C@](O)(c2ccc(Cl)cc2)C(C)(C)C1.